The monoisotopic (exact) mass is 220 g/mol. The van der Waals surface area contributed by atoms with Gasteiger partial charge in [0.2, 0.25) is 0 Å². The number of nitrogen functional groups attached to an aromatic ring is 1. The van der Waals surface area contributed by atoms with Crippen molar-refractivity contribution < 1.29 is 4.79 Å². The van der Waals surface area contributed by atoms with Crippen LogP contribution in [0.15, 0.2) is 24.3 Å². The Morgan fingerprint density at radius 3 is 3.00 bits per heavy atom. The highest BCUT2D eigenvalue weighted by Gasteiger charge is 2.08. The summed E-state index contributed by atoms with van der Waals surface area (Å²) in [5.74, 6) is -0.0164. The maximum atomic E-state index is 11.6. The van der Waals surface area contributed by atoms with Crippen LogP contribution < -0.4 is 11.1 Å². The third kappa shape index (κ3) is 1.94. The summed E-state index contributed by atoms with van der Waals surface area (Å²) in [6.07, 6.45) is 0. The van der Waals surface area contributed by atoms with E-state index in [0.29, 0.717) is 6.54 Å². The number of thiophene rings is 1. The molecule has 0 radical (unpaired) electrons. The number of hydrogen-bond acceptors (Lipinski definition) is 3. The number of rotatable bonds is 2. The molecular formula is C11H12N2OS. The van der Waals surface area contributed by atoms with Gasteiger partial charge < -0.3 is 11.1 Å². The van der Waals surface area contributed by atoms with Crippen LogP contribution in [0.1, 0.15) is 16.6 Å². The molecule has 1 aromatic carbocycles. The molecule has 0 saturated heterocycles. The maximum Gasteiger partial charge on any atom is 0.261 e. The van der Waals surface area contributed by atoms with Gasteiger partial charge in [-0.1, -0.05) is 0 Å². The Hall–Kier alpha value is -1.55. The van der Waals surface area contributed by atoms with Crippen molar-refractivity contribution in [2.45, 2.75) is 6.92 Å². The maximum absolute atomic E-state index is 11.6. The van der Waals surface area contributed by atoms with Crippen molar-refractivity contribution >= 4 is 33.0 Å². The third-order valence-electron chi connectivity index (χ3n) is 2.10. The summed E-state index contributed by atoms with van der Waals surface area (Å²) in [6, 6.07) is 7.55. The quantitative estimate of drug-likeness (QED) is 0.762. The summed E-state index contributed by atoms with van der Waals surface area (Å²) < 4.78 is 1.09. The summed E-state index contributed by atoms with van der Waals surface area (Å²) in [5.41, 5.74) is 6.40. The predicted molar refractivity (Wildman–Crippen MR) is 64.2 cm³/mol. The van der Waals surface area contributed by atoms with E-state index in [2.05, 4.69) is 5.32 Å². The molecule has 0 saturated carbocycles. The minimum atomic E-state index is -0.0164. The predicted octanol–water partition coefficient (Wildman–Crippen LogP) is 2.23. The summed E-state index contributed by atoms with van der Waals surface area (Å²) in [4.78, 5) is 12.3. The summed E-state index contributed by atoms with van der Waals surface area (Å²) in [6.45, 7) is 2.55. The van der Waals surface area contributed by atoms with Gasteiger partial charge >= 0.3 is 0 Å². The van der Waals surface area contributed by atoms with Crippen LogP contribution in [0.4, 0.5) is 5.69 Å². The molecule has 4 heteroatoms. The molecule has 0 bridgehead atoms. The van der Waals surface area contributed by atoms with Gasteiger partial charge in [-0.3, -0.25) is 4.79 Å². The van der Waals surface area contributed by atoms with Crippen molar-refractivity contribution in [3.05, 3.63) is 29.1 Å². The number of anilines is 1. The number of carbonyl (C=O) groups excluding carboxylic acids is 1. The summed E-state index contributed by atoms with van der Waals surface area (Å²) >= 11 is 1.49. The highest BCUT2D eigenvalue weighted by molar-refractivity contribution is 7.20. The van der Waals surface area contributed by atoms with Gasteiger partial charge in [0.15, 0.2) is 0 Å². The van der Waals surface area contributed by atoms with Crippen LogP contribution in [0.3, 0.4) is 0 Å². The third-order valence-corrected chi connectivity index (χ3v) is 3.22. The fraction of sp³-hybridized carbons (Fsp3) is 0.182. The lowest BCUT2D eigenvalue weighted by molar-refractivity contribution is 0.0960. The zero-order valence-electron chi connectivity index (χ0n) is 8.41. The average Bonchev–Trinajstić information content (AvgIpc) is 2.60. The van der Waals surface area contributed by atoms with E-state index >= 15 is 0 Å². The molecule has 0 aliphatic carbocycles. The first-order valence-corrected chi connectivity index (χ1v) is 5.59. The minimum Gasteiger partial charge on any atom is -0.399 e. The topological polar surface area (TPSA) is 55.1 Å². The number of fused-ring (bicyclic) bond motifs is 1. The highest BCUT2D eigenvalue weighted by Crippen LogP contribution is 2.27. The smallest absolute Gasteiger partial charge is 0.261 e. The van der Waals surface area contributed by atoms with Crippen LogP contribution in [-0.2, 0) is 0 Å². The zero-order valence-corrected chi connectivity index (χ0v) is 9.23. The van der Waals surface area contributed by atoms with Crippen molar-refractivity contribution in [3.8, 4) is 0 Å². The van der Waals surface area contributed by atoms with Crippen molar-refractivity contribution in [1.82, 2.24) is 5.32 Å². The normalized spacial score (nSPS) is 10.5. The average molecular weight is 220 g/mol. The number of nitrogens with one attached hydrogen (secondary N) is 1. The lowest BCUT2D eigenvalue weighted by atomic mass is 10.2. The largest absolute Gasteiger partial charge is 0.399 e. The molecule has 3 nitrogen and oxygen atoms in total. The molecule has 0 fully saturated rings. The highest BCUT2D eigenvalue weighted by atomic mass is 32.1. The fourth-order valence-corrected chi connectivity index (χ4v) is 2.38. The molecule has 1 heterocycles. The molecule has 0 aliphatic rings. The Labute approximate surface area is 91.9 Å². The number of hydrogen-bond donors (Lipinski definition) is 2. The molecule has 78 valence electrons. The molecule has 2 rings (SSSR count). The van der Waals surface area contributed by atoms with Crippen LogP contribution >= 0.6 is 11.3 Å². The van der Waals surface area contributed by atoms with Gasteiger partial charge in [0, 0.05) is 16.9 Å². The zero-order chi connectivity index (χ0) is 10.8. The van der Waals surface area contributed by atoms with Crippen LogP contribution in [0, 0.1) is 0 Å². The van der Waals surface area contributed by atoms with Crippen LogP contribution in [0.25, 0.3) is 10.1 Å². The van der Waals surface area contributed by atoms with Gasteiger partial charge in [0.1, 0.15) is 0 Å². The van der Waals surface area contributed by atoms with E-state index in [-0.39, 0.29) is 5.91 Å². The molecule has 2 aromatic rings. The summed E-state index contributed by atoms with van der Waals surface area (Å²) in [5, 5.41) is 3.81. The molecule has 0 atom stereocenters. The Morgan fingerprint density at radius 1 is 1.47 bits per heavy atom. The fourth-order valence-electron chi connectivity index (χ4n) is 1.42. The van der Waals surface area contributed by atoms with Crippen LogP contribution in [-0.4, -0.2) is 12.5 Å². The molecule has 1 amide bonds. The van der Waals surface area contributed by atoms with Gasteiger partial charge in [0.25, 0.3) is 5.91 Å². The molecule has 0 aliphatic heterocycles. The van der Waals surface area contributed by atoms with Crippen molar-refractivity contribution in [1.29, 1.82) is 0 Å². The van der Waals surface area contributed by atoms with Gasteiger partial charge in [-0.15, -0.1) is 11.3 Å². The first-order valence-electron chi connectivity index (χ1n) is 4.78. The van der Waals surface area contributed by atoms with Gasteiger partial charge in [-0.05, 0) is 36.6 Å². The van der Waals surface area contributed by atoms with E-state index in [0.717, 1.165) is 20.7 Å². The molecule has 3 N–H and O–H groups in total. The van der Waals surface area contributed by atoms with E-state index in [1.807, 2.05) is 31.2 Å². The Morgan fingerprint density at radius 2 is 2.27 bits per heavy atom. The standard InChI is InChI=1S/C11H12N2OS/c1-2-13-11(14)10-6-7-5-8(12)3-4-9(7)15-10/h3-6H,2,12H2,1H3,(H,13,14). The molecule has 0 spiro atoms. The number of amides is 1. The van der Waals surface area contributed by atoms with E-state index in [4.69, 9.17) is 5.73 Å². The lowest BCUT2D eigenvalue weighted by Crippen LogP contribution is -2.21. The lowest BCUT2D eigenvalue weighted by Gasteiger charge is -1.95. The second-order valence-electron chi connectivity index (χ2n) is 3.27. The van der Waals surface area contributed by atoms with Crippen molar-refractivity contribution in [2.24, 2.45) is 0 Å². The Bertz CT molecular complexity index is 504. The molecular weight excluding hydrogens is 208 g/mol. The van der Waals surface area contributed by atoms with Gasteiger partial charge in [-0.2, -0.15) is 0 Å². The Kier molecular flexibility index (Phi) is 2.60. The van der Waals surface area contributed by atoms with E-state index < -0.39 is 0 Å². The van der Waals surface area contributed by atoms with Crippen molar-refractivity contribution in [3.63, 3.8) is 0 Å². The number of nitrogens with two attached hydrogens (primary N) is 1. The van der Waals surface area contributed by atoms with Gasteiger partial charge in [0.05, 0.1) is 4.88 Å². The van der Waals surface area contributed by atoms with E-state index in [1.165, 1.54) is 11.3 Å². The number of carbonyl (C=O) groups is 1. The SMILES string of the molecule is CCNC(=O)c1cc2cc(N)ccc2s1. The Balaban J connectivity index is 2.42. The first kappa shape index (κ1) is 9.98. The summed E-state index contributed by atoms with van der Waals surface area (Å²) in [7, 11) is 0. The number of benzene rings is 1. The van der Waals surface area contributed by atoms with Crippen molar-refractivity contribution in [2.75, 3.05) is 12.3 Å². The van der Waals surface area contributed by atoms with E-state index in [1.54, 1.807) is 0 Å². The van der Waals surface area contributed by atoms with E-state index in [9.17, 15) is 4.79 Å². The first-order chi connectivity index (χ1) is 7.20. The van der Waals surface area contributed by atoms with Crippen LogP contribution in [0.5, 0.6) is 0 Å². The van der Waals surface area contributed by atoms with Gasteiger partial charge in [-0.25, -0.2) is 0 Å². The van der Waals surface area contributed by atoms with Crippen LogP contribution in [0.2, 0.25) is 0 Å². The second kappa shape index (κ2) is 3.90. The molecule has 1 aromatic heterocycles. The second-order valence-corrected chi connectivity index (χ2v) is 4.35. The minimum absolute atomic E-state index is 0.0164. The molecule has 15 heavy (non-hydrogen) atoms. The molecule has 0 unspecified atom stereocenters.